The van der Waals surface area contributed by atoms with E-state index in [4.69, 9.17) is 9.40 Å². The van der Waals surface area contributed by atoms with E-state index in [1.165, 1.54) is 33.0 Å². The van der Waals surface area contributed by atoms with Gasteiger partial charge in [0.15, 0.2) is 0 Å². The van der Waals surface area contributed by atoms with E-state index in [0.29, 0.717) is 17.7 Å². The van der Waals surface area contributed by atoms with Gasteiger partial charge in [0.2, 0.25) is 0 Å². The summed E-state index contributed by atoms with van der Waals surface area (Å²) in [6.45, 7) is 15.5. The van der Waals surface area contributed by atoms with Crippen molar-refractivity contribution >= 4 is 54.5 Å². The predicted octanol–water partition coefficient (Wildman–Crippen LogP) is 14.2. The van der Waals surface area contributed by atoms with E-state index >= 15 is 0 Å². The summed E-state index contributed by atoms with van der Waals surface area (Å²) in [6, 6.07) is 50.9. The van der Waals surface area contributed by atoms with Gasteiger partial charge in [-0.3, -0.25) is 15.0 Å². The summed E-state index contributed by atoms with van der Waals surface area (Å²) in [5, 5.41) is 6.92. The van der Waals surface area contributed by atoms with Gasteiger partial charge in [0.05, 0.1) is 28.3 Å². The Morgan fingerprint density at radius 3 is 1.95 bits per heavy atom. The standard InChI is InChI=1S/C28H21N2O.C25H25N2.Ir/c1-28(2,3)18-15-29-27(30-16-18)24-10-6-9-21-23-14-13-20-19-8-5-4-7-17(19)11-12-22(20)25(23)31-26(21)24;1-17(2)20-13-10-14-21(18(3)4)24(20)27-23-16-9-8-15-22(23)26-25(27)19-11-6-5-7-12-19;/h4-9,11-16H,1-3H3;5-11,13-18H,1-4H3;/q2*-1;. The predicted molar refractivity (Wildman–Crippen MR) is 241 cm³/mol. The third-order valence-electron chi connectivity index (χ3n) is 11.1. The van der Waals surface area contributed by atoms with E-state index in [1.807, 2.05) is 36.7 Å². The van der Waals surface area contributed by atoms with Crippen molar-refractivity contribution in [3.8, 4) is 28.5 Å². The molecule has 0 saturated carbocycles. The molecule has 3 aromatic heterocycles. The number of benzene rings is 7. The van der Waals surface area contributed by atoms with Crippen LogP contribution in [0.4, 0.5) is 0 Å². The van der Waals surface area contributed by atoms with Crippen LogP contribution in [0.3, 0.4) is 0 Å². The number of furan rings is 1. The molecule has 7 aromatic carbocycles. The Morgan fingerprint density at radius 1 is 0.593 bits per heavy atom. The van der Waals surface area contributed by atoms with Gasteiger partial charge < -0.3 is 8.98 Å². The van der Waals surface area contributed by atoms with E-state index in [9.17, 15) is 0 Å². The van der Waals surface area contributed by atoms with Gasteiger partial charge >= 0.3 is 0 Å². The van der Waals surface area contributed by atoms with Gasteiger partial charge in [0.25, 0.3) is 0 Å². The van der Waals surface area contributed by atoms with Crippen LogP contribution in [0.2, 0.25) is 0 Å². The van der Waals surface area contributed by atoms with E-state index in [2.05, 4.69) is 178 Å². The molecule has 0 atom stereocenters. The Labute approximate surface area is 359 Å². The maximum absolute atomic E-state index is 6.49. The van der Waals surface area contributed by atoms with Gasteiger partial charge in [0.1, 0.15) is 5.58 Å². The Hall–Kier alpha value is -5.94. The molecule has 0 bridgehead atoms. The van der Waals surface area contributed by atoms with Crippen molar-refractivity contribution in [1.29, 1.82) is 0 Å². The third kappa shape index (κ3) is 7.26. The molecule has 10 aromatic rings. The van der Waals surface area contributed by atoms with Crippen LogP contribution < -0.4 is 0 Å². The molecule has 0 N–H and O–H groups in total. The summed E-state index contributed by atoms with van der Waals surface area (Å²) >= 11 is 0. The average Bonchev–Trinajstić information content (AvgIpc) is 3.83. The van der Waals surface area contributed by atoms with E-state index < -0.39 is 0 Å². The van der Waals surface area contributed by atoms with Crippen molar-refractivity contribution in [2.75, 3.05) is 0 Å². The van der Waals surface area contributed by atoms with Crippen LogP contribution >= 0.6 is 0 Å². The van der Waals surface area contributed by atoms with Crippen LogP contribution in [0.1, 0.15) is 77.0 Å². The SMILES string of the molecule is CC(C)(C)c1cnc(-c2[c-]ccc3c2oc2c3ccc3c4ccccc4ccc32)nc1.CC(C)c1cccc(C(C)C)c1-n1c(-c2[c-]cccc2)nc2ccccc21.[Ir]. The quantitative estimate of drug-likeness (QED) is 0.127. The number of aromatic nitrogens is 4. The maximum Gasteiger partial charge on any atom is 0.128 e. The Morgan fingerprint density at radius 2 is 1.24 bits per heavy atom. The number of hydrogen-bond donors (Lipinski definition) is 0. The van der Waals surface area contributed by atoms with E-state index in [0.717, 1.165) is 60.9 Å². The molecular weight excluding hydrogens is 901 g/mol. The van der Waals surface area contributed by atoms with Gasteiger partial charge in [-0.15, -0.1) is 54.1 Å². The van der Waals surface area contributed by atoms with Crippen molar-refractivity contribution in [1.82, 2.24) is 19.5 Å². The van der Waals surface area contributed by atoms with Crippen LogP contribution in [0.25, 0.3) is 83.0 Å². The van der Waals surface area contributed by atoms with Crippen LogP contribution in [0, 0.1) is 12.1 Å². The zero-order valence-electron chi connectivity index (χ0n) is 34.5. The van der Waals surface area contributed by atoms with Gasteiger partial charge in [-0.1, -0.05) is 138 Å². The molecule has 1 radical (unpaired) electrons. The summed E-state index contributed by atoms with van der Waals surface area (Å²) in [6.07, 6.45) is 3.80. The Bertz CT molecular complexity index is 3070. The number of para-hydroxylation sites is 3. The zero-order chi connectivity index (χ0) is 40.1. The molecule has 0 saturated heterocycles. The van der Waals surface area contributed by atoms with Gasteiger partial charge in [-0.25, -0.2) is 0 Å². The first-order chi connectivity index (χ1) is 28.1. The topological polar surface area (TPSA) is 56.7 Å². The number of hydrogen-bond acceptors (Lipinski definition) is 4. The van der Waals surface area contributed by atoms with Crippen molar-refractivity contribution in [3.05, 3.63) is 169 Å². The summed E-state index contributed by atoms with van der Waals surface area (Å²) < 4.78 is 8.83. The van der Waals surface area contributed by atoms with Crippen molar-refractivity contribution in [2.45, 2.75) is 65.7 Å². The van der Waals surface area contributed by atoms with Crippen molar-refractivity contribution in [2.24, 2.45) is 0 Å². The smallest absolute Gasteiger partial charge is 0.128 e. The molecule has 6 heteroatoms. The maximum atomic E-state index is 6.49. The molecule has 5 nitrogen and oxygen atoms in total. The van der Waals surface area contributed by atoms with Crippen LogP contribution in [0.15, 0.2) is 144 Å². The number of fused-ring (bicyclic) bond motifs is 8. The van der Waals surface area contributed by atoms with Crippen molar-refractivity contribution in [3.63, 3.8) is 0 Å². The van der Waals surface area contributed by atoms with Crippen molar-refractivity contribution < 1.29 is 24.5 Å². The number of nitrogens with zero attached hydrogens (tertiary/aromatic N) is 4. The first-order valence-electron chi connectivity index (χ1n) is 20.2. The fourth-order valence-electron chi connectivity index (χ4n) is 8.03. The molecule has 295 valence electrons. The summed E-state index contributed by atoms with van der Waals surface area (Å²) in [4.78, 5) is 14.3. The molecular formula is C53H46IrN4O-2. The molecule has 0 aliphatic rings. The fourth-order valence-corrected chi connectivity index (χ4v) is 8.03. The minimum atomic E-state index is 0. The van der Waals surface area contributed by atoms with Crippen LogP contribution in [-0.2, 0) is 25.5 Å². The monoisotopic (exact) mass is 947 g/mol. The second kappa shape index (κ2) is 16.0. The molecule has 0 aliphatic carbocycles. The Balaban J connectivity index is 0.000000163. The van der Waals surface area contributed by atoms with Gasteiger partial charge in [0, 0.05) is 49.0 Å². The molecule has 3 heterocycles. The largest absolute Gasteiger partial charge is 0.500 e. The second-order valence-corrected chi connectivity index (χ2v) is 16.7. The summed E-state index contributed by atoms with van der Waals surface area (Å²) in [5.74, 6) is 2.43. The minimum absolute atomic E-state index is 0. The minimum Gasteiger partial charge on any atom is -0.500 e. The third-order valence-corrected chi connectivity index (χ3v) is 11.1. The summed E-state index contributed by atoms with van der Waals surface area (Å²) in [7, 11) is 0. The molecule has 0 unspecified atom stereocenters. The molecule has 0 spiro atoms. The first-order valence-corrected chi connectivity index (χ1v) is 20.2. The molecule has 0 fully saturated rings. The molecule has 0 aliphatic heterocycles. The van der Waals surface area contributed by atoms with Crippen LogP contribution in [-0.4, -0.2) is 19.5 Å². The van der Waals surface area contributed by atoms with E-state index in [1.54, 1.807) is 0 Å². The molecule has 0 amide bonds. The van der Waals surface area contributed by atoms with Gasteiger partial charge in [-0.2, -0.15) is 0 Å². The first kappa shape index (κ1) is 39.9. The number of imidazole rings is 1. The Kier molecular flexibility index (Phi) is 10.8. The molecule has 10 rings (SSSR count). The average molecular weight is 947 g/mol. The second-order valence-electron chi connectivity index (χ2n) is 16.7. The fraction of sp³-hybridized carbons (Fsp3) is 0.189. The number of rotatable bonds is 5. The normalized spacial score (nSPS) is 11.8. The van der Waals surface area contributed by atoms with Crippen LogP contribution in [0.5, 0.6) is 0 Å². The zero-order valence-corrected chi connectivity index (χ0v) is 36.9. The van der Waals surface area contributed by atoms with E-state index in [-0.39, 0.29) is 25.5 Å². The van der Waals surface area contributed by atoms with Gasteiger partial charge in [-0.05, 0) is 62.2 Å². The molecule has 59 heavy (non-hydrogen) atoms. The summed E-state index contributed by atoms with van der Waals surface area (Å²) in [5.41, 5.74) is 10.7.